The maximum Gasteiger partial charge on any atom is 0.167 e. The Kier molecular flexibility index (Phi) is 4.52. The minimum absolute atomic E-state index is 0.526. The van der Waals surface area contributed by atoms with Gasteiger partial charge in [0, 0.05) is 18.9 Å². The van der Waals surface area contributed by atoms with Gasteiger partial charge in [0.15, 0.2) is 5.82 Å². The molecule has 1 aromatic carbocycles. The summed E-state index contributed by atoms with van der Waals surface area (Å²) < 4.78 is 1.88. The van der Waals surface area contributed by atoms with Crippen molar-refractivity contribution < 1.29 is 0 Å². The van der Waals surface area contributed by atoms with E-state index < -0.39 is 0 Å². The third-order valence-corrected chi connectivity index (χ3v) is 3.92. The molecule has 0 unspecified atom stereocenters. The van der Waals surface area contributed by atoms with Crippen molar-refractivity contribution in [2.24, 2.45) is 0 Å². The molecule has 0 amide bonds. The highest BCUT2D eigenvalue weighted by atomic mass is 15.3. The highest BCUT2D eigenvalue weighted by Gasteiger charge is 2.10. The number of hydrogen-bond acceptors (Lipinski definition) is 5. The summed E-state index contributed by atoms with van der Waals surface area (Å²) in [6.07, 6.45) is 3.71. The van der Waals surface area contributed by atoms with Gasteiger partial charge in [-0.1, -0.05) is 24.3 Å². The molecule has 6 nitrogen and oxygen atoms in total. The highest BCUT2D eigenvalue weighted by Crippen LogP contribution is 2.18. The summed E-state index contributed by atoms with van der Waals surface area (Å²) in [5, 5.41) is 25.0. The molecule has 0 saturated heterocycles. The lowest BCUT2D eigenvalue weighted by atomic mass is 10.1. The van der Waals surface area contributed by atoms with E-state index in [-0.39, 0.29) is 0 Å². The Morgan fingerprint density at radius 1 is 1.17 bits per heavy atom. The zero-order valence-corrected chi connectivity index (χ0v) is 13.7. The molecule has 6 heteroatoms. The van der Waals surface area contributed by atoms with Gasteiger partial charge in [-0.3, -0.25) is 4.68 Å². The van der Waals surface area contributed by atoms with Crippen LogP contribution >= 0.6 is 0 Å². The van der Waals surface area contributed by atoms with E-state index in [9.17, 15) is 5.26 Å². The number of nitriles is 1. The summed E-state index contributed by atoms with van der Waals surface area (Å²) in [5.41, 5.74) is 4.48. The zero-order valence-electron chi connectivity index (χ0n) is 13.7. The molecule has 0 atom stereocenters. The van der Waals surface area contributed by atoms with Crippen molar-refractivity contribution in [2.75, 3.05) is 5.32 Å². The maximum absolute atomic E-state index is 9.34. The Morgan fingerprint density at radius 2 is 2.00 bits per heavy atom. The first kappa shape index (κ1) is 15.7. The molecule has 2 aromatic heterocycles. The molecular weight excluding hydrogens is 300 g/mol. The smallest absolute Gasteiger partial charge is 0.167 e. The van der Waals surface area contributed by atoms with Crippen LogP contribution in [-0.4, -0.2) is 20.0 Å². The van der Waals surface area contributed by atoms with Crippen molar-refractivity contribution in [2.45, 2.75) is 26.9 Å². The summed E-state index contributed by atoms with van der Waals surface area (Å²) in [7, 11) is 0. The lowest BCUT2D eigenvalue weighted by Gasteiger charge is -2.10. The van der Waals surface area contributed by atoms with Gasteiger partial charge < -0.3 is 5.32 Å². The van der Waals surface area contributed by atoms with E-state index in [0.717, 1.165) is 23.4 Å². The van der Waals surface area contributed by atoms with Crippen molar-refractivity contribution in [3.8, 4) is 6.07 Å². The average molecular weight is 318 g/mol. The van der Waals surface area contributed by atoms with Crippen LogP contribution in [0.3, 0.4) is 0 Å². The number of aromatic nitrogens is 4. The summed E-state index contributed by atoms with van der Waals surface area (Å²) >= 11 is 0. The molecule has 120 valence electrons. The van der Waals surface area contributed by atoms with Crippen LogP contribution in [0.4, 0.5) is 5.82 Å². The Morgan fingerprint density at radius 3 is 2.75 bits per heavy atom. The van der Waals surface area contributed by atoms with Gasteiger partial charge in [0.05, 0.1) is 12.2 Å². The quantitative estimate of drug-likeness (QED) is 0.782. The molecule has 0 aliphatic rings. The number of hydrogen-bond donors (Lipinski definition) is 1. The predicted molar refractivity (Wildman–Crippen MR) is 91.3 cm³/mol. The van der Waals surface area contributed by atoms with Gasteiger partial charge in [0.2, 0.25) is 0 Å². The van der Waals surface area contributed by atoms with Gasteiger partial charge in [-0.05, 0) is 36.6 Å². The lowest BCUT2D eigenvalue weighted by Crippen LogP contribution is -2.08. The van der Waals surface area contributed by atoms with Gasteiger partial charge >= 0.3 is 0 Å². The summed E-state index contributed by atoms with van der Waals surface area (Å²) in [6, 6.07) is 12.4. The minimum atomic E-state index is 0.526. The Labute approximate surface area is 140 Å². The van der Waals surface area contributed by atoms with Gasteiger partial charge in [0.1, 0.15) is 11.6 Å². The summed E-state index contributed by atoms with van der Waals surface area (Å²) in [4.78, 5) is 0. The number of anilines is 1. The van der Waals surface area contributed by atoms with Crippen molar-refractivity contribution in [3.05, 3.63) is 70.7 Å². The van der Waals surface area contributed by atoms with Gasteiger partial charge in [-0.25, -0.2) is 0 Å². The Hall–Kier alpha value is -3.20. The number of aryl methyl sites for hydroxylation is 1. The number of benzene rings is 1. The van der Waals surface area contributed by atoms with Crippen LogP contribution in [0.1, 0.15) is 27.9 Å². The first-order valence-corrected chi connectivity index (χ1v) is 7.70. The third-order valence-electron chi connectivity index (χ3n) is 3.92. The minimum Gasteiger partial charge on any atom is -0.363 e. The molecule has 0 bridgehead atoms. The molecule has 2 heterocycles. The molecule has 0 aliphatic heterocycles. The first-order valence-electron chi connectivity index (χ1n) is 7.70. The molecule has 0 spiro atoms. The van der Waals surface area contributed by atoms with Crippen LogP contribution in [0.15, 0.2) is 42.7 Å². The normalized spacial score (nSPS) is 10.4. The fourth-order valence-corrected chi connectivity index (χ4v) is 2.47. The molecular formula is C18H18N6. The fourth-order valence-electron chi connectivity index (χ4n) is 2.47. The Balaban J connectivity index is 1.74. The SMILES string of the molecule is Cc1nnc(NCc2cccc(Cn3cccn3)c2)c(C#N)c1C. The molecule has 1 N–H and O–H groups in total. The topological polar surface area (TPSA) is 79.4 Å². The second kappa shape index (κ2) is 6.92. The van der Waals surface area contributed by atoms with Crippen LogP contribution in [0.2, 0.25) is 0 Å². The van der Waals surface area contributed by atoms with Crippen LogP contribution in [0, 0.1) is 25.2 Å². The van der Waals surface area contributed by atoms with E-state index in [1.165, 1.54) is 5.56 Å². The van der Waals surface area contributed by atoms with Crippen LogP contribution in [0.5, 0.6) is 0 Å². The summed E-state index contributed by atoms with van der Waals surface area (Å²) in [6.45, 7) is 5.05. The van der Waals surface area contributed by atoms with Gasteiger partial charge in [0.25, 0.3) is 0 Å². The van der Waals surface area contributed by atoms with Crippen molar-refractivity contribution >= 4 is 5.82 Å². The standard InChI is InChI=1S/C18H18N6/c1-13-14(2)22-23-18(17(13)10-19)20-11-15-5-3-6-16(9-15)12-24-8-4-7-21-24/h3-9H,11-12H2,1-2H3,(H,20,23). The predicted octanol–water partition coefficient (Wildman–Crippen LogP) is 2.82. The van der Waals surface area contributed by atoms with E-state index >= 15 is 0 Å². The monoisotopic (exact) mass is 318 g/mol. The Bertz CT molecular complexity index is 877. The number of nitrogens with one attached hydrogen (secondary N) is 1. The second-order valence-electron chi connectivity index (χ2n) is 5.62. The lowest BCUT2D eigenvalue weighted by molar-refractivity contribution is 0.686. The molecule has 0 fully saturated rings. The largest absolute Gasteiger partial charge is 0.363 e. The van der Waals surface area contributed by atoms with Crippen molar-refractivity contribution in [1.29, 1.82) is 5.26 Å². The van der Waals surface area contributed by atoms with E-state index in [4.69, 9.17) is 0 Å². The first-order chi connectivity index (χ1) is 11.7. The van der Waals surface area contributed by atoms with Gasteiger partial charge in [-0.15, -0.1) is 5.10 Å². The molecule has 3 rings (SSSR count). The number of nitrogens with zero attached hydrogens (tertiary/aromatic N) is 5. The van der Waals surface area contributed by atoms with Crippen molar-refractivity contribution in [3.63, 3.8) is 0 Å². The molecule has 0 aliphatic carbocycles. The third kappa shape index (κ3) is 3.41. The number of rotatable bonds is 5. The van der Waals surface area contributed by atoms with Crippen molar-refractivity contribution in [1.82, 2.24) is 20.0 Å². The molecule has 0 radical (unpaired) electrons. The van der Waals surface area contributed by atoms with E-state index in [0.29, 0.717) is 17.9 Å². The van der Waals surface area contributed by atoms with Crippen LogP contribution in [-0.2, 0) is 13.1 Å². The van der Waals surface area contributed by atoms with Crippen LogP contribution in [0.25, 0.3) is 0 Å². The second-order valence-corrected chi connectivity index (χ2v) is 5.62. The van der Waals surface area contributed by atoms with E-state index in [1.807, 2.05) is 42.9 Å². The van der Waals surface area contributed by atoms with Crippen LogP contribution < -0.4 is 5.32 Å². The molecule has 0 saturated carbocycles. The highest BCUT2D eigenvalue weighted by molar-refractivity contribution is 5.55. The summed E-state index contributed by atoms with van der Waals surface area (Å²) in [5.74, 6) is 0.526. The average Bonchev–Trinajstić information content (AvgIpc) is 3.09. The molecule has 3 aromatic rings. The molecule has 24 heavy (non-hydrogen) atoms. The maximum atomic E-state index is 9.34. The zero-order chi connectivity index (χ0) is 16.9. The fraction of sp³-hybridized carbons (Fsp3) is 0.222. The van der Waals surface area contributed by atoms with E-state index in [1.54, 1.807) is 6.20 Å². The van der Waals surface area contributed by atoms with E-state index in [2.05, 4.69) is 38.8 Å². The van der Waals surface area contributed by atoms with Gasteiger partial charge in [-0.2, -0.15) is 15.5 Å².